The summed E-state index contributed by atoms with van der Waals surface area (Å²) in [5.74, 6) is 1.42. The van der Waals surface area contributed by atoms with Crippen LogP contribution in [0.4, 0.5) is 0 Å². The van der Waals surface area contributed by atoms with E-state index >= 15 is 0 Å². The third-order valence-corrected chi connectivity index (χ3v) is 3.83. The van der Waals surface area contributed by atoms with E-state index in [0.29, 0.717) is 22.8 Å². The summed E-state index contributed by atoms with van der Waals surface area (Å²) in [5.41, 5.74) is 0. The van der Waals surface area contributed by atoms with E-state index in [2.05, 4.69) is 47.6 Å². The van der Waals surface area contributed by atoms with Gasteiger partial charge < -0.3 is 5.01 Å². The minimum Gasteiger partial charge on any atom is -0.303 e. The van der Waals surface area contributed by atoms with Gasteiger partial charge in [0.1, 0.15) is 0 Å². The molecule has 0 spiro atoms. The lowest BCUT2D eigenvalue weighted by atomic mass is 10.00. The molecule has 96 valence electrons. The van der Waals surface area contributed by atoms with Crippen LogP contribution in [0.5, 0.6) is 0 Å². The molecule has 4 nitrogen and oxygen atoms in total. The fraction of sp³-hybridized carbons (Fsp3) is 0.833. The second kappa shape index (κ2) is 4.80. The Balaban J connectivity index is 2.44. The average molecular weight is 254 g/mol. The molecule has 17 heavy (non-hydrogen) atoms. The molecule has 0 aliphatic carbocycles. The fourth-order valence-corrected chi connectivity index (χ4v) is 2.94. The standard InChI is InChI=1S/C12H22N4S/c1-8(2)11-13-14-12(17)16(11)15-9(3)6-5-7-10(15)4/h8-10H,5-7H2,1-4H3,(H,14,17). The summed E-state index contributed by atoms with van der Waals surface area (Å²) in [6.07, 6.45) is 3.77. The first-order chi connectivity index (χ1) is 8.02. The molecule has 0 aromatic carbocycles. The molecule has 1 N–H and O–H groups in total. The fourth-order valence-electron chi connectivity index (χ4n) is 2.70. The lowest BCUT2D eigenvalue weighted by Crippen LogP contribution is -2.51. The van der Waals surface area contributed by atoms with E-state index in [1.807, 2.05) is 0 Å². The molecule has 0 bridgehead atoms. The molecule has 0 saturated carbocycles. The summed E-state index contributed by atoms with van der Waals surface area (Å²) in [5, 5.41) is 9.69. The molecule has 5 heteroatoms. The van der Waals surface area contributed by atoms with Crippen molar-refractivity contribution in [2.24, 2.45) is 0 Å². The molecule has 1 aromatic heterocycles. The van der Waals surface area contributed by atoms with Crippen LogP contribution in [-0.4, -0.2) is 27.0 Å². The number of aromatic nitrogens is 3. The predicted molar refractivity (Wildman–Crippen MR) is 72.5 cm³/mol. The van der Waals surface area contributed by atoms with Crippen molar-refractivity contribution < 1.29 is 0 Å². The lowest BCUT2D eigenvalue weighted by molar-refractivity contribution is 0.326. The molecule has 2 unspecified atom stereocenters. The molecule has 0 amide bonds. The monoisotopic (exact) mass is 254 g/mol. The summed E-state index contributed by atoms with van der Waals surface area (Å²) >= 11 is 5.38. The van der Waals surface area contributed by atoms with E-state index in [1.54, 1.807) is 0 Å². The van der Waals surface area contributed by atoms with Gasteiger partial charge in [-0.15, -0.1) is 0 Å². The first-order valence-corrected chi connectivity index (χ1v) is 6.89. The second-order valence-corrected chi connectivity index (χ2v) is 5.75. The second-order valence-electron chi connectivity index (χ2n) is 5.36. The van der Waals surface area contributed by atoms with Crippen LogP contribution in [0.3, 0.4) is 0 Å². The summed E-state index contributed by atoms with van der Waals surface area (Å²) in [4.78, 5) is 0. The molecular formula is C12H22N4S. The van der Waals surface area contributed by atoms with Crippen molar-refractivity contribution in [3.8, 4) is 0 Å². The van der Waals surface area contributed by atoms with Crippen molar-refractivity contribution in [2.75, 3.05) is 5.01 Å². The van der Waals surface area contributed by atoms with Crippen LogP contribution < -0.4 is 5.01 Å². The minimum absolute atomic E-state index is 0.379. The number of H-pyrrole nitrogens is 1. The molecule has 2 rings (SSSR count). The zero-order valence-corrected chi connectivity index (χ0v) is 11.9. The lowest BCUT2D eigenvalue weighted by Gasteiger charge is -2.41. The first-order valence-electron chi connectivity index (χ1n) is 6.48. The van der Waals surface area contributed by atoms with Gasteiger partial charge in [0.25, 0.3) is 0 Å². The number of nitrogens with zero attached hydrogens (tertiary/aromatic N) is 3. The zero-order chi connectivity index (χ0) is 12.6. The highest BCUT2D eigenvalue weighted by atomic mass is 32.1. The Labute approximate surface area is 108 Å². The number of aromatic amines is 1. The van der Waals surface area contributed by atoms with E-state index in [9.17, 15) is 0 Å². The molecule has 1 aliphatic rings. The Kier molecular flexibility index (Phi) is 3.56. The quantitative estimate of drug-likeness (QED) is 0.824. The maximum absolute atomic E-state index is 5.38. The zero-order valence-electron chi connectivity index (χ0n) is 11.1. The third kappa shape index (κ3) is 2.25. The first kappa shape index (κ1) is 12.6. The number of nitrogens with one attached hydrogen (secondary N) is 1. The largest absolute Gasteiger partial charge is 0.303 e. The van der Waals surface area contributed by atoms with Crippen molar-refractivity contribution in [1.29, 1.82) is 0 Å². The molecule has 2 heterocycles. The van der Waals surface area contributed by atoms with Crippen molar-refractivity contribution in [2.45, 2.75) is 65.0 Å². The van der Waals surface area contributed by atoms with Gasteiger partial charge in [0.05, 0.1) is 0 Å². The molecule has 1 fully saturated rings. The third-order valence-electron chi connectivity index (χ3n) is 3.57. The summed E-state index contributed by atoms with van der Waals surface area (Å²) < 4.78 is 2.84. The normalized spacial score (nSPS) is 25.6. The van der Waals surface area contributed by atoms with Gasteiger partial charge in [-0.3, -0.25) is 5.10 Å². The van der Waals surface area contributed by atoms with Gasteiger partial charge in [-0.25, -0.2) is 4.68 Å². The summed E-state index contributed by atoms with van der Waals surface area (Å²) in [7, 11) is 0. The SMILES string of the molecule is CC(C)c1n[nH]c(=S)n1N1C(C)CCCC1C. The Bertz CT molecular complexity index is 424. The van der Waals surface area contributed by atoms with Crippen LogP contribution in [0.25, 0.3) is 0 Å². The molecule has 1 aromatic rings. The highest BCUT2D eigenvalue weighted by Gasteiger charge is 2.28. The van der Waals surface area contributed by atoms with Gasteiger partial charge in [0, 0.05) is 18.0 Å². The molecular weight excluding hydrogens is 232 g/mol. The summed E-state index contributed by atoms with van der Waals surface area (Å²) in [6, 6.07) is 1.06. The molecule has 1 saturated heterocycles. The van der Waals surface area contributed by atoms with Crippen LogP contribution in [0.15, 0.2) is 0 Å². The van der Waals surface area contributed by atoms with Crippen LogP contribution in [-0.2, 0) is 0 Å². The van der Waals surface area contributed by atoms with Crippen molar-refractivity contribution in [1.82, 2.24) is 14.9 Å². The Morgan fingerprint density at radius 1 is 1.29 bits per heavy atom. The topological polar surface area (TPSA) is 36.9 Å². The summed E-state index contributed by atoms with van der Waals surface area (Å²) in [6.45, 7) is 8.85. The van der Waals surface area contributed by atoms with Crippen molar-refractivity contribution in [3.63, 3.8) is 0 Å². The smallest absolute Gasteiger partial charge is 0.214 e. The van der Waals surface area contributed by atoms with Gasteiger partial charge in [-0.2, -0.15) is 5.10 Å². The number of hydrogen-bond acceptors (Lipinski definition) is 3. The van der Waals surface area contributed by atoms with Gasteiger partial charge in [-0.05, 0) is 45.3 Å². The van der Waals surface area contributed by atoms with Crippen LogP contribution in [0, 0.1) is 4.77 Å². The molecule has 1 aliphatic heterocycles. The van der Waals surface area contributed by atoms with Crippen LogP contribution >= 0.6 is 12.2 Å². The van der Waals surface area contributed by atoms with Crippen LogP contribution in [0.1, 0.15) is 58.7 Å². The van der Waals surface area contributed by atoms with Crippen molar-refractivity contribution >= 4 is 12.2 Å². The van der Waals surface area contributed by atoms with Gasteiger partial charge in [-0.1, -0.05) is 13.8 Å². The number of rotatable bonds is 2. The highest BCUT2D eigenvalue weighted by molar-refractivity contribution is 7.71. The minimum atomic E-state index is 0.379. The molecule has 2 atom stereocenters. The maximum Gasteiger partial charge on any atom is 0.214 e. The van der Waals surface area contributed by atoms with E-state index in [1.165, 1.54) is 19.3 Å². The average Bonchev–Trinajstić information content (AvgIpc) is 2.61. The van der Waals surface area contributed by atoms with Gasteiger partial charge >= 0.3 is 0 Å². The van der Waals surface area contributed by atoms with Crippen molar-refractivity contribution in [3.05, 3.63) is 10.6 Å². The maximum atomic E-state index is 5.38. The Morgan fingerprint density at radius 3 is 2.41 bits per heavy atom. The van der Waals surface area contributed by atoms with Gasteiger partial charge in [0.15, 0.2) is 5.82 Å². The van der Waals surface area contributed by atoms with E-state index in [0.717, 1.165) is 5.82 Å². The Hall–Kier alpha value is -0.840. The van der Waals surface area contributed by atoms with E-state index in [4.69, 9.17) is 12.2 Å². The number of piperidine rings is 1. The highest BCUT2D eigenvalue weighted by Crippen LogP contribution is 2.23. The van der Waals surface area contributed by atoms with E-state index < -0.39 is 0 Å². The van der Waals surface area contributed by atoms with Crippen LogP contribution in [0.2, 0.25) is 0 Å². The van der Waals surface area contributed by atoms with E-state index in [-0.39, 0.29) is 0 Å². The molecule has 0 radical (unpaired) electrons. The Morgan fingerprint density at radius 2 is 1.88 bits per heavy atom. The predicted octanol–water partition coefficient (Wildman–Crippen LogP) is 2.96. The number of hydrogen-bond donors (Lipinski definition) is 1. The van der Waals surface area contributed by atoms with Gasteiger partial charge in [0.2, 0.25) is 4.77 Å².